The summed E-state index contributed by atoms with van der Waals surface area (Å²) in [7, 11) is 0. The van der Waals surface area contributed by atoms with Crippen LogP contribution in [0.3, 0.4) is 0 Å². The van der Waals surface area contributed by atoms with E-state index in [4.69, 9.17) is 10.5 Å². The smallest absolute Gasteiger partial charge is 0.282 e. The number of carbonyl (C=O) groups is 2. The lowest BCUT2D eigenvalue weighted by Crippen LogP contribution is -2.30. The van der Waals surface area contributed by atoms with Crippen LogP contribution in [-0.2, 0) is 0 Å². The number of benzene rings is 2. The van der Waals surface area contributed by atoms with E-state index in [1.807, 2.05) is 0 Å². The Labute approximate surface area is 155 Å². The number of nitro benzene ring substituents is 1. The first-order valence-electron chi connectivity index (χ1n) is 8.61. The molecule has 140 valence electrons. The maximum absolute atomic E-state index is 12.4. The molecule has 8 heteroatoms. The number of nitrogens with zero attached hydrogens (tertiary/aromatic N) is 2. The van der Waals surface area contributed by atoms with E-state index in [2.05, 4.69) is 0 Å². The number of rotatable bonds is 8. The van der Waals surface area contributed by atoms with Crippen LogP contribution in [0.2, 0.25) is 0 Å². The number of hydrogen-bond acceptors (Lipinski definition) is 6. The molecule has 0 aromatic heterocycles. The number of nitrogen functional groups attached to an aromatic ring is 1. The van der Waals surface area contributed by atoms with Crippen LogP contribution in [0, 0.1) is 10.1 Å². The second kappa shape index (κ2) is 7.86. The Hall–Kier alpha value is -3.42. The van der Waals surface area contributed by atoms with Crippen molar-refractivity contribution in [2.75, 3.05) is 18.9 Å². The average Bonchev–Trinajstić information content (AvgIpc) is 2.90. The molecule has 27 heavy (non-hydrogen) atoms. The maximum Gasteiger partial charge on any atom is 0.282 e. The van der Waals surface area contributed by atoms with Gasteiger partial charge in [-0.2, -0.15) is 0 Å². The van der Waals surface area contributed by atoms with Crippen molar-refractivity contribution in [1.82, 2.24) is 4.90 Å². The molecule has 0 saturated heterocycles. The molecule has 2 aromatic rings. The Morgan fingerprint density at radius 1 is 1.00 bits per heavy atom. The lowest BCUT2D eigenvalue weighted by atomic mass is 10.1. The highest BCUT2D eigenvalue weighted by atomic mass is 16.6. The Bertz CT molecular complexity index is 879. The summed E-state index contributed by atoms with van der Waals surface area (Å²) in [6.45, 7) is 0.739. The molecule has 0 fully saturated rings. The summed E-state index contributed by atoms with van der Waals surface area (Å²) in [6.07, 6.45) is 2.11. The molecule has 0 radical (unpaired) electrons. The predicted molar refractivity (Wildman–Crippen MR) is 98.7 cm³/mol. The third-order valence-electron chi connectivity index (χ3n) is 4.35. The fourth-order valence-corrected chi connectivity index (χ4v) is 2.97. The number of ether oxygens (including phenoxy) is 1. The Morgan fingerprint density at radius 2 is 1.74 bits per heavy atom. The first-order valence-corrected chi connectivity index (χ1v) is 8.61. The van der Waals surface area contributed by atoms with Crippen LogP contribution < -0.4 is 10.5 Å². The van der Waals surface area contributed by atoms with Crippen molar-refractivity contribution in [2.45, 2.75) is 19.3 Å². The molecule has 0 saturated carbocycles. The minimum atomic E-state index is -0.637. The van der Waals surface area contributed by atoms with E-state index in [-0.39, 0.29) is 23.4 Å². The highest BCUT2D eigenvalue weighted by molar-refractivity contribution is 6.23. The normalized spacial score (nSPS) is 13.0. The van der Waals surface area contributed by atoms with Crippen LogP contribution in [0.4, 0.5) is 11.4 Å². The number of carbonyl (C=O) groups excluding carboxylic acids is 2. The number of nitrogens with two attached hydrogens (primary N) is 1. The van der Waals surface area contributed by atoms with Crippen LogP contribution in [0.1, 0.15) is 40.0 Å². The van der Waals surface area contributed by atoms with Crippen molar-refractivity contribution in [2.24, 2.45) is 0 Å². The molecule has 0 unspecified atom stereocenters. The zero-order valence-electron chi connectivity index (χ0n) is 14.6. The molecule has 0 atom stereocenters. The van der Waals surface area contributed by atoms with Crippen LogP contribution in [-0.4, -0.2) is 34.8 Å². The zero-order chi connectivity index (χ0) is 19.4. The van der Waals surface area contributed by atoms with Crippen LogP contribution in [0.5, 0.6) is 5.75 Å². The molecule has 2 aromatic carbocycles. The van der Waals surface area contributed by atoms with E-state index in [1.54, 1.807) is 24.3 Å². The predicted octanol–water partition coefficient (Wildman–Crippen LogP) is 3.02. The number of unbranched alkanes of at least 4 members (excludes halogenated alkanes) is 2. The number of amides is 2. The van der Waals surface area contributed by atoms with E-state index >= 15 is 0 Å². The second-order valence-corrected chi connectivity index (χ2v) is 6.20. The number of anilines is 1. The summed E-state index contributed by atoms with van der Waals surface area (Å²) in [5, 5.41) is 11.1. The van der Waals surface area contributed by atoms with Gasteiger partial charge < -0.3 is 10.5 Å². The molecular formula is C19H19N3O5. The second-order valence-electron chi connectivity index (χ2n) is 6.20. The largest absolute Gasteiger partial charge is 0.494 e. The van der Waals surface area contributed by atoms with Gasteiger partial charge in [-0.15, -0.1) is 0 Å². The molecule has 0 aliphatic carbocycles. The molecule has 3 rings (SSSR count). The first kappa shape index (κ1) is 18.4. The molecule has 1 aliphatic rings. The van der Waals surface area contributed by atoms with Gasteiger partial charge in [-0.1, -0.05) is 6.07 Å². The third-order valence-corrected chi connectivity index (χ3v) is 4.35. The lowest BCUT2D eigenvalue weighted by molar-refractivity contribution is -0.385. The van der Waals surface area contributed by atoms with Crippen molar-refractivity contribution >= 4 is 23.2 Å². The first-order chi connectivity index (χ1) is 13.0. The van der Waals surface area contributed by atoms with Gasteiger partial charge in [0.2, 0.25) is 0 Å². The number of hydrogen-bond donors (Lipinski definition) is 1. The van der Waals surface area contributed by atoms with E-state index in [1.165, 1.54) is 18.2 Å². The van der Waals surface area contributed by atoms with Gasteiger partial charge in [-0.05, 0) is 49.6 Å². The van der Waals surface area contributed by atoms with Crippen molar-refractivity contribution in [3.05, 3.63) is 63.7 Å². The lowest BCUT2D eigenvalue weighted by Gasteiger charge is -2.13. The van der Waals surface area contributed by atoms with Gasteiger partial charge >= 0.3 is 0 Å². The quantitative estimate of drug-likeness (QED) is 0.251. The van der Waals surface area contributed by atoms with Gasteiger partial charge in [0.1, 0.15) is 11.3 Å². The summed E-state index contributed by atoms with van der Waals surface area (Å²) >= 11 is 0. The molecule has 0 bridgehead atoms. The fourth-order valence-electron chi connectivity index (χ4n) is 2.97. The summed E-state index contributed by atoms with van der Waals surface area (Å²) in [4.78, 5) is 36.3. The minimum absolute atomic E-state index is 0.0980. The van der Waals surface area contributed by atoms with Crippen molar-refractivity contribution < 1.29 is 19.2 Å². The summed E-state index contributed by atoms with van der Waals surface area (Å²) in [5.41, 5.74) is 5.94. The Morgan fingerprint density at radius 3 is 2.44 bits per heavy atom. The molecule has 2 N–H and O–H groups in total. The van der Waals surface area contributed by atoms with Gasteiger partial charge in [0.25, 0.3) is 17.5 Å². The van der Waals surface area contributed by atoms with Crippen LogP contribution >= 0.6 is 0 Å². The van der Waals surface area contributed by atoms with Crippen LogP contribution in [0.15, 0.2) is 42.5 Å². The van der Waals surface area contributed by atoms with E-state index < -0.39 is 16.7 Å². The van der Waals surface area contributed by atoms with Gasteiger partial charge in [-0.25, -0.2) is 0 Å². The molecule has 1 heterocycles. The third kappa shape index (κ3) is 3.89. The van der Waals surface area contributed by atoms with Gasteiger partial charge in [0, 0.05) is 18.3 Å². The van der Waals surface area contributed by atoms with Gasteiger partial charge in [0.15, 0.2) is 0 Å². The number of fused-ring (bicyclic) bond motifs is 1. The molecule has 8 nitrogen and oxygen atoms in total. The average molecular weight is 369 g/mol. The van der Waals surface area contributed by atoms with Crippen molar-refractivity contribution in [3.8, 4) is 5.75 Å². The number of imide groups is 1. The Kier molecular flexibility index (Phi) is 5.35. The molecule has 2 amide bonds. The number of nitro groups is 1. The summed E-state index contributed by atoms with van der Waals surface area (Å²) in [5.74, 6) is -0.339. The van der Waals surface area contributed by atoms with Gasteiger partial charge in [-0.3, -0.25) is 24.6 Å². The highest BCUT2D eigenvalue weighted by Gasteiger charge is 2.40. The summed E-state index contributed by atoms with van der Waals surface area (Å²) < 4.78 is 5.59. The summed E-state index contributed by atoms with van der Waals surface area (Å²) in [6, 6.07) is 11.2. The highest BCUT2D eigenvalue weighted by Crippen LogP contribution is 2.30. The molecule has 1 aliphatic heterocycles. The van der Waals surface area contributed by atoms with E-state index in [9.17, 15) is 19.7 Å². The van der Waals surface area contributed by atoms with E-state index in [0.29, 0.717) is 18.7 Å². The molecular weight excluding hydrogens is 350 g/mol. The maximum atomic E-state index is 12.4. The van der Waals surface area contributed by atoms with Crippen molar-refractivity contribution in [1.29, 1.82) is 0 Å². The van der Waals surface area contributed by atoms with Crippen molar-refractivity contribution in [3.63, 3.8) is 0 Å². The van der Waals surface area contributed by atoms with Gasteiger partial charge in [0.05, 0.1) is 17.1 Å². The molecule has 0 spiro atoms. The fraction of sp³-hybridized carbons (Fsp3) is 0.263. The monoisotopic (exact) mass is 369 g/mol. The van der Waals surface area contributed by atoms with E-state index in [0.717, 1.165) is 23.5 Å². The Balaban J connectivity index is 1.48. The SMILES string of the molecule is Nc1ccc(OCCCCCN2C(=O)c3cccc([N+](=O)[O-])c3C2=O)cc1. The standard InChI is InChI=1S/C19H19N3O5/c20-13-7-9-14(10-8-13)27-12-3-1-2-11-21-18(23)15-5-4-6-16(22(25)26)17(15)19(21)24/h4-10H,1-3,11-12,20H2. The van der Waals surface area contributed by atoms with Crippen LogP contribution in [0.25, 0.3) is 0 Å². The minimum Gasteiger partial charge on any atom is -0.494 e. The topological polar surface area (TPSA) is 116 Å². The zero-order valence-corrected chi connectivity index (χ0v) is 14.6.